The maximum absolute atomic E-state index is 12.7. The lowest BCUT2D eigenvalue weighted by Crippen LogP contribution is -2.41. The normalized spacial score (nSPS) is 14.2. The van der Waals surface area contributed by atoms with Crippen molar-refractivity contribution < 1.29 is 23.7 Å². The molecule has 134 valence electrons. The number of hydrogen-bond acceptors (Lipinski definition) is 4. The van der Waals surface area contributed by atoms with Crippen molar-refractivity contribution in [3.63, 3.8) is 0 Å². The van der Waals surface area contributed by atoms with Crippen molar-refractivity contribution in [2.75, 3.05) is 6.61 Å². The van der Waals surface area contributed by atoms with Gasteiger partial charge in [-0.25, -0.2) is 4.39 Å². The van der Waals surface area contributed by atoms with Crippen molar-refractivity contribution in [1.82, 2.24) is 0 Å². The lowest BCUT2D eigenvalue weighted by Gasteiger charge is -2.22. The van der Waals surface area contributed by atoms with Crippen LogP contribution in [0.15, 0.2) is 66.7 Å². The van der Waals surface area contributed by atoms with Crippen molar-refractivity contribution in [2.45, 2.75) is 6.42 Å². The first kappa shape index (κ1) is 17.8. The summed E-state index contributed by atoms with van der Waals surface area (Å²) < 4.78 is 23.1. The molecule has 0 saturated heterocycles. The van der Waals surface area contributed by atoms with E-state index in [4.69, 9.17) is 9.31 Å². The van der Waals surface area contributed by atoms with Crippen LogP contribution in [0.1, 0.15) is 5.56 Å². The molecule has 0 fully saturated rings. The maximum Gasteiger partial charge on any atom is 0.560 e. The summed E-state index contributed by atoms with van der Waals surface area (Å²) in [4.78, 5) is 0. The summed E-state index contributed by atoms with van der Waals surface area (Å²) in [6.45, 7) is 0.456. The first-order chi connectivity index (χ1) is 13.1. The Kier molecular flexibility index (Phi) is 4.99. The maximum atomic E-state index is 12.7. The number of benzene rings is 3. The molecule has 0 aromatic heterocycles. The van der Waals surface area contributed by atoms with E-state index in [1.54, 1.807) is 6.07 Å². The Bertz CT molecular complexity index is 966. The number of halogens is 1. The van der Waals surface area contributed by atoms with Crippen LogP contribution in [0.5, 0.6) is 5.75 Å². The first-order valence-corrected chi connectivity index (χ1v) is 8.74. The van der Waals surface area contributed by atoms with Crippen LogP contribution in [0, 0.1) is 5.82 Å². The van der Waals surface area contributed by atoms with Crippen molar-refractivity contribution in [3.8, 4) is 16.9 Å². The molecule has 0 unspecified atom stereocenters. The van der Waals surface area contributed by atoms with Gasteiger partial charge in [0, 0.05) is 17.6 Å². The van der Waals surface area contributed by atoms with Crippen LogP contribution >= 0.6 is 0 Å². The van der Waals surface area contributed by atoms with Gasteiger partial charge >= 0.3 is 14.2 Å². The van der Waals surface area contributed by atoms with E-state index in [1.165, 1.54) is 12.1 Å². The third-order valence-corrected chi connectivity index (χ3v) is 4.66. The van der Waals surface area contributed by atoms with Crippen LogP contribution in [0.25, 0.3) is 11.1 Å². The Balaban J connectivity index is 0.000000137. The number of para-hydroxylation sites is 1. The lowest BCUT2D eigenvalue weighted by molar-refractivity contribution is 0.266. The Labute approximate surface area is 157 Å². The molecule has 0 atom stereocenters. The van der Waals surface area contributed by atoms with Crippen molar-refractivity contribution in [3.05, 3.63) is 78.1 Å². The van der Waals surface area contributed by atoms with E-state index in [2.05, 4.69) is 0 Å². The van der Waals surface area contributed by atoms with Gasteiger partial charge in [0.25, 0.3) is 0 Å². The predicted molar refractivity (Wildman–Crippen MR) is 104 cm³/mol. The summed E-state index contributed by atoms with van der Waals surface area (Å²) in [7, 11) is -1.73. The zero-order chi connectivity index (χ0) is 18.8. The Hall–Kier alpha value is -2.60. The summed E-state index contributed by atoms with van der Waals surface area (Å²) >= 11 is 0. The van der Waals surface area contributed by atoms with Gasteiger partial charge in [-0.1, -0.05) is 48.5 Å². The van der Waals surface area contributed by atoms with Gasteiger partial charge in [0.2, 0.25) is 0 Å². The molecule has 0 spiro atoms. The molecule has 3 aromatic carbocycles. The monoisotopic (exact) mass is 362 g/mol. The van der Waals surface area contributed by atoms with Crippen LogP contribution in [0.2, 0.25) is 0 Å². The molecule has 3 aromatic rings. The second-order valence-electron chi connectivity index (χ2n) is 6.37. The zero-order valence-corrected chi connectivity index (χ0v) is 14.5. The van der Waals surface area contributed by atoms with Crippen LogP contribution in [-0.2, 0) is 11.1 Å². The molecule has 5 rings (SSSR count). The quantitative estimate of drug-likeness (QED) is 0.596. The SMILES string of the molecule is OB1OCCc2cc(F)ccc21.OB1Oc2ccccc2-c2ccccc21. The van der Waals surface area contributed by atoms with Gasteiger partial charge in [-0.2, -0.15) is 0 Å². The Morgan fingerprint density at radius 1 is 0.815 bits per heavy atom. The van der Waals surface area contributed by atoms with Gasteiger partial charge in [-0.05, 0) is 41.2 Å². The summed E-state index contributed by atoms with van der Waals surface area (Å²) in [5.74, 6) is 0.478. The summed E-state index contributed by atoms with van der Waals surface area (Å²) in [6, 6.07) is 19.8. The molecule has 0 saturated carbocycles. The molecule has 27 heavy (non-hydrogen) atoms. The molecular weight excluding hydrogens is 345 g/mol. The summed E-state index contributed by atoms with van der Waals surface area (Å²) in [5.41, 5.74) is 4.44. The van der Waals surface area contributed by atoms with E-state index in [0.29, 0.717) is 18.5 Å². The second kappa shape index (κ2) is 7.56. The predicted octanol–water partition coefficient (Wildman–Crippen LogP) is 1.52. The highest BCUT2D eigenvalue weighted by atomic mass is 19.1. The second-order valence-corrected chi connectivity index (χ2v) is 6.37. The van der Waals surface area contributed by atoms with E-state index in [0.717, 1.165) is 27.9 Å². The molecule has 4 nitrogen and oxygen atoms in total. The Morgan fingerprint density at radius 2 is 1.56 bits per heavy atom. The number of rotatable bonds is 0. The fourth-order valence-corrected chi connectivity index (χ4v) is 3.34. The molecule has 2 aliphatic heterocycles. The molecule has 2 aliphatic rings. The smallest absolute Gasteiger partial charge is 0.532 e. The summed E-state index contributed by atoms with van der Waals surface area (Å²) in [6.07, 6.45) is 0.671. The van der Waals surface area contributed by atoms with Gasteiger partial charge in [0.1, 0.15) is 11.6 Å². The largest absolute Gasteiger partial charge is 0.560 e. The molecule has 0 bridgehead atoms. The first-order valence-electron chi connectivity index (χ1n) is 8.74. The molecule has 7 heteroatoms. The minimum atomic E-state index is -0.880. The average molecular weight is 362 g/mol. The van der Waals surface area contributed by atoms with Crippen LogP contribution in [0.3, 0.4) is 0 Å². The minimum Gasteiger partial charge on any atom is -0.532 e. The number of fused-ring (bicyclic) bond motifs is 4. The topological polar surface area (TPSA) is 58.9 Å². The van der Waals surface area contributed by atoms with Crippen molar-refractivity contribution in [1.29, 1.82) is 0 Å². The van der Waals surface area contributed by atoms with Crippen LogP contribution in [-0.4, -0.2) is 30.9 Å². The van der Waals surface area contributed by atoms with E-state index in [1.807, 2.05) is 48.5 Å². The highest BCUT2D eigenvalue weighted by Crippen LogP contribution is 2.32. The summed E-state index contributed by atoms with van der Waals surface area (Å²) in [5, 5.41) is 19.1. The van der Waals surface area contributed by atoms with Crippen molar-refractivity contribution in [2.24, 2.45) is 0 Å². The van der Waals surface area contributed by atoms with Gasteiger partial charge in [0.15, 0.2) is 0 Å². The third-order valence-electron chi connectivity index (χ3n) is 4.66. The van der Waals surface area contributed by atoms with Gasteiger partial charge in [-0.15, -0.1) is 0 Å². The molecule has 0 radical (unpaired) electrons. The van der Waals surface area contributed by atoms with E-state index in [-0.39, 0.29) is 5.82 Å². The number of hydrogen-bond donors (Lipinski definition) is 2. The third kappa shape index (κ3) is 3.62. The van der Waals surface area contributed by atoms with Crippen molar-refractivity contribution >= 4 is 25.2 Å². The van der Waals surface area contributed by atoms with E-state index in [9.17, 15) is 14.4 Å². The minimum absolute atomic E-state index is 0.261. The molecule has 0 aliphatic carbocycles. The van der Waals surface area contributed by atoms with Gasteiger partial charge in [0.05, 0.1) is 0 Å². The average Bonchev–Trinajstić information content (AvgIpc) is 2.69. The van der Waals surface area contributed by atoms with Gasteiger partial charge < -0.3 is 19.4 Å². The van der Waals surface area contributed by atoms with E-state index >= 15 is 0 Å². The molecule has 2 heterocycles. The standard InChI is InChI=1S/C12H9BO2.C8H8BFO2/c14-13-11-7-3-1-5-9(11)10-6-2-4-8-12(10)15-13;10-7-1-2-8-6(5-7)3-4-12-9(8)11/h1-8,14H;1-2,5,11H,3-4H2. The fourth-order valence-electron chi connectivity index (χ4n) is 3.34. The highest BCUT2D eigenvalue weighted by molar-refractivity contribution is 6.63. The molecular formula is C20H17B2FO4. The van der Waals surface area contributed by atoms with E-state index < -0.39 is 14.2 Å². The fraction of sp³-hybridized carbons (Fsp3) is 0.100. The Morgan fingerprint density at radius 3 is 2.41 bits per heavy atom. The van der Waals surface area contributed by atoms with Crippen LogP contribution in [0.4, 0.5) is 4.39 Å². The van der Waals surface area contributed by atoms with Gasteiger partial charge in [-0.3, -0.25) is 0 Å². The lowest BCUT2D eigenvalue weighted by atomic mass is 9.72. The van der Waals surface area contributed by atoms with Crippen LogP contribution < -0.4 is 15.6 Å². The zero-order valence-electron chi connectivity index (χ0n) is 14.5. The highest BCUT2D eigenvalue weighted by Gasteiger charge is 2.29. The molecule has 2 N–H and O–H groups in total. The molecule has 0 amide bonds.